The number of benzene rings is 3. The van der Waals surface area contributed by atoms with E-state index in [9.17, 15) is 8.42 Å². The van der Waals surface area contributed by atoms with Gasteiger partial charge in [0.05, 0.1) is 14.2 Å². The molecule has 4 rings (SSSR count). The second-order valence-corrected chi connectivity index (χ2v) is 9.86. The van der Waals surface area contributed by atoms with Crippen LogP contribution in [0.2, 0.25) is 0 Å². The molecule has 1 heterocycles. The number of rotatable bonds is 9. The minimum Gasteiger partial charge on any atom is -0.497 e. The zero-order valence-electron chi connectivity index (χ0n) is 19.1. The normalized spacial score (nSPS) is 13.5. The first-order chi connectivity index (χ1) is 16.0. The Bertz CT molecular complexity index is 1190. The highest BCUT2D eigenvalue weighted by Crippen LogP contribution is 2.28. The van der Waals surface area contributed by atoms with Gasteiger partial charge in [-0.25, -0.2) is 13.1 Å². The monoisotopic (exact) mass is 466 g/mol. The lowest BCUT2D eigenvalue weighted by Crippen LogP contribution is -2.30. The number of sulfonamides is 1. The molecule has 1 N–H and O–H groups in total. The molecular formula is C26H30N2O4S. The lowest BCUT2D eigenvalue weighted by molar-refractivity contribution is 0.392. The van der Waals surface area contributed by atoms with Gasteiger partial charge in [-0.2, -0.15) is 0 Å². The van der Waals surface area contributed by atoms with Gasteiger partial charge in [0.2, 0.25) is 10.0 Å². The zero-order valence-corrected chi connectivity index (χ0v) is 19.9. The maximum Gasteiger partial charge on any atom is 0.244 e. The largest absolute Gasteiger partial charge is 0.497 e. The molecule has 0 fully saturated rings. The van der Waals surface area contributed by atoms with E-state index in [1.54, 1.807) is 12.1 Å². The maximum atomic E-state index is 12.7. The van der Waals surface area contributed by atoms with Crippen molar-refractivity contribution in [1.29, 1.82) is 0 Å². The molecule has 0 aromatic heterocycles. The Morgan fingerprint density at radius 3 is 2.42 bits per heavy atom. The van der Waals surface area contributed by atoms with Gasteiger partial charge in [0.1, 0.15) is 16.4 Å². The number of nitrogens with zero attached hydrogens (tertiary/aromatic N) is 1. The summed E-state index contributed by atoms with van der Waals surface area (Å²) in [4.78, 5) is 2.48. The average Bonchev–Trinajstić information content (AvgIpc) is 2.86. The molecule has 3 aromatic carbocycles. The predicted octanol–water partition coefficient (Wildman–Crippen LogP) is 4.18. The van der Waals surface area contributed by atoms with Crippen molar-refractivity contribution in [1.82, 2.24) is 4.72 Å². The van der Waals surface area contributed by atoms with E-state index in [1.165, 1.54) is 42.7 Å². The van der Waals surface area contributed by atoms with Gasteiger partial charge in [-0.1, -0.05) is 36.4 Å². The van der Waals surface area contributed by atoms with E-state index >= 15 is 0 Å². The lowest BCUT2D eigenvalue weighted by atomic mass is 9.99. The SMILES string of the molecule is COc1ccc(OC)c(S(=O)(=O)NCCCc2ccc(N3CCc4ccccc4C3)cc2)c1. The lowest BCUT2D eigenvalue weighted by Gasteiger charge is -2.30. The number of hydrogen-bond acceptors (Lipinski definition) is 5. The molecule has 0 unspecified atom stereocenters. The van der Waals surface area contributed by atoms with Crippen LogP contribution in [0, 0.1) is 0 Å². The van der Waals surface area contributed by atoms with Gasteiger partial charge >= 0.3 is 0 Å². The summed E-state index contributed by atoms with van der Waals surface area (Å²) >= 11 is 0. The number of anilines is 1. The summed E-state index contributed by atoms with van der Waals surface area (Å²) in [6, 6.07) is 22.0. The van der Waals surface area contributed by atoms with Gasteiger partial charge in [-0.15, -0.1) is 0 Å². The minimum absolute atomic E-state index is 0.0804. The van der Waals surface area contributed by atoms with E-state index in [0.717, 1.165) is 25.9 Å². The first-order valence-corrected chi connectivity index (χ1v) is 12.6. The molecule has 0 radical (unpaired) electrons. The number of hydrogen-bond donors (Lipinski definition) is 1. The molecule has 1 aliphatic rings. The van der Waals surface area contributed by atoms with Crippen molar-refractivity contribution in [2.45, 2.75) is 30.7 Å². The third-order valence-electron chi connectivity index (χ3n) is 6.03. The van der Waals surface area contributed by atoms with Crippen molar-refractivity contribution in [2.75, 3.05) is 32.2 Å². The van der Waals surface area contributed by atoms with Crippen molar-refractivity contribution in [3.8, 4) is 11.5 Å². The summed E-state index contributed by atoms with van der Waals surface area (Å²) in [5.74, 6) is 0.757. The standard InChI is InChI=1S/C26H30N2O4S/c1-31-24-13-14-25(32-2)26(18-24)33(29,30)27-16-5-6-20-9-11-23(12-10-20)28-17-15-21-7-3-4-8-22(21)19-28/h3-4,7-14,18,27H,5-6,15-17,19H2,1-2H3. The summed E-state index contributed by atoms with van der Waals surface area (Å²) < 4.78 is 38.5. The van der Waals surface area contributed by atoms with Crippen molar-refractivity contribution >= 4 is 15.7 Å². The Morgan fingerprint density at radius 2 is 1.70 bits per heavy atom. The molecule has 0 bridgehead atoms. The Morgan fingerprint density at radius 1 is 0.939 bits per heavy atom. The van der Waals surface area contributed by atoms with E-state index in [4.69, 9.17) is 9.47 Å². The Balaban J connectivity index is 1.31. The number of methoxy groups -OCH3 is 2. The summed E-state index contributed by atoms with van der Waals surface area (Å²) in [6.45, 7) is 2.30. The molecular weight excluding hydrogens is 436 g/mol. The summed E-state index contributed by atoms with van der Waals surface area (Å²) in [7, 11) is -0.745. The molecule has 0 aliphatic carbocycles. The number of aryl methyl sites for hydroxylation is 1. The van der Waals surface area contributed by atoms with Crippen molar-refractivity contribution in [2.24, 2.45) is 0 Å². The van der Waals surface area contributed by atoms with Crippen LogP contribution in [-0.4, -0.2) is 35.7 Å². The van der Waals surface area contributed by atoms with E-state index in [0.29, 0.717) is 24.5 Å². The molecule has 3 aromatic rings. The van der Waals surface area contributed by atoms with E-state index in [-0.39, 0.29) is 4.90 Å². The fraction of sp³-hybridized carbons (Fsp3) is 0.308. The Hall–Kier alpha value is -3.03. The van der Waals surface area contributed by atoms with Gasteiger partial charge in [-0.3, -0.25) is 0 Å². The van der Waals surface area contributed by atoms with Crippen LogP contribution in [0.3, 0.4) is 0 Å². The molecule has 0 saturated heterocycles. The smallest absolute Gasteiger partial charge is 0.244 e. The fourth-order valence-corrected chi connectivity index (χ4v) is 5.42. The highest BCUT2D eigenvalue weighted by molar-refractivity contribution is 7.89. The average molecular weight is 467 g/mol. The third kappa shape index (κ3) is 5.49. The predicted molar refractivity (Wildman–Crippen MR) is 131 cm³/mol. The minimum atomic E-state index is -3.70. The van der Waals surface area contributed by atoms with Gasteiger partial charge in [0.15, 0.2) is 0 Å². The highest BCUT2D eigenvalue weighted by atomic mass is 32.2. The first kappa shape index (κ1) is 23.1. The molecule has 174 valence electrons. The van der Waals surface area contributed by atoms with E-state index in [1.807, 2.05) is 0 Å². The Labute approximate surface area is 196 Å². The van der Waals surface area contributed by atoms with E-state index < -0.39 is 10.0 Å². The van der Waals surface area contributed by atoms with Crippen LogP contribution in [0.5, 0.6) is 11.5 Å². The summed E-state index contributed by atoms with van der Waals surface area (Å²) in [5.41, 5.74) is 5.25. The number of nitrogens with one attached hydrogen (secondary N) is 1. The molecule has 1 aliphatic heterocycles. The zero-order chi connectivity index (χ0) is 23.3. The van der Waals surface area contributed by atoms with Gasteiger partial charge < -0.3 is 14.4 Å². The van der Waals surface area contributed by atoms with Crippen LogP contribution in [0.15, 0.2) is 71.6 Å². The second kappa shape index (κ2) is 10.3. The molecule has 7 heteroatoms. The third-order valence-corrected chi connectivity index (χ3v) is 7.51. The van der Waals surface area contributed by atoms with Crippen LogP contribution in [0.1, 0.15) is 23.1 Å². The molecule has 0 atom stereocenters. The van der Waals surface area contributed by atoms with Gasteiger partial charge in [-0.05, 0) is 60.2 Å². The van der Waals surface area contributed by atoms with E-state index in [2.05, 4.69) is 58.2 Å². The van der Waals surface area contributed by atoms with Crippen LogP contribution < -0.4 is 19.1 Å². The van der Waals surface area contributed by atoms with Gasteiger partial charge in [0, 0.05) is 31.4 Å². The number of fused-ring (bicyclic) bond motifs is 1. The topological polar surface area (TPSA) is 67.9 Å². The summed E-state index contributed by atoms with van der Waals surface area (Å²) in [5, 5.41) is 0. The highest BCUT2D eigenvalue weighted by Gasteiger charge is 2.20. The molecule has 6 nitrogen and oxygen atoms in total. The van der Waals surface area contributed by atoms with Crippen LogP contribution in [0.25, 0.3) is 0 Å². The molecule has 33 heavy (non-hydrogen) atoms. The molecule has 0 amide bonds. The van der Waals surface area contributed by atoms with Crippen LogP contribution in [0.4, 0.5) is 5.69 Å². The molecule has 0 saturated carbocycles. The van der Waals surface area contributed by atoms with Crippen molar-refractivity contribution in [3.63, 3.8) is 0 Å². The van der Waals surface area contributed by atoms with Gasteiger partial charge in [0.25, 0.3) is 0 Å². The summed E-state index contributed by atoms with van der Waals surface area (Å²) in [6.07, 6.45) is 2.55. The van der Waals surface area contributed by atoms with Crippen molar-refractivity contribution in [3.05, 3.63) is 83.4 Å². The quantitative estimate of drug-likeness (QED) is 0.479. The first-order valence-electron chi connectivity index (χ1n) is 11.1. The van der Waals surface area contributed by atoms with Crippen LogP contribution in [-0.2, 0) is 29.4 Å². The van der Waals surface area contributed by atoms with Crippen molar-refractivity contribution < 1.29 is 17.9 Å². The van der Waals surface area contributed by atoms with Crippen LogP contribution >= 0.6 is 0 Å². The second-order valence-electron chi connectivity index (χ2n) is 8.12. The number of ether oxygens (including phenoxy) is 2. The fourth-order valence-electron chi connectivity index (χ4n) is 4.16. The molecule has 0 spiro atoms. The Kier molecular flexibility index (Phi) is 7.20. The maximum absolute atomic E-state index is 12.7.